The average Bonchev–Trinajstić information content (AvgIpc) is 1.53. The normalized spacial score (nSPS) is 27.4. The van der Waals surface area contributed by atoms with Gasteiger partial charge in [0, 0.05) is 113 Å². The third-order valence-electron chi connectivity index (χ3n) is 16.1. The Morgan fingerprint density at radius 3 is 2.14 bits per heavy atom. The van der Waals surface area contributed by atoms with Crippen LogP contribution in [0.1, 0.15) is 117 Å². The van der Waals surface area contributed by atoms with Gasteiger partial charge in [-0.15, -0.1) is 0 Å². The second kappa shape index (κ2) is 27.4. The van der Waals surface area contributed by atoms with Crippen molar-refractivity contribution in [2.45, 2.75) is 150 Å². The molecule has 27 heteroatoms. The zero-order valence-electron chi connectivity index (χ0n) is 49.8. The summed E-state index contributed by atoms with van der Waals surface area (Å²) in [5, 5.41) is 37.5. The number of Topliss-reactive ketones (excluding diaryl/α,β-unsaturated/α-hetero) is 1. The molecule has 2 aromatic carbocycles. The molecule has 0 aliphatic carbocycles. The van der Waals surface area contributed by atoms with E-state index < -0.39 is 141 Å². The zero-order chi connectivity index (χ0) is 62.6. The highest BCUT2D eigenvalue weighted by atomic mass is 31.2. The summed E-state index contributed by atoms with van der Waals surface area (Å²) in [6.07, 6.45) is 3.18. The summed E-state index contributed by atoms with van der Waals surface area (Å²) in [6.45, 7) is 18.6. The fourth-order valence-electron chi connectivity index (χ4n) is 11.5. The number of ether oxygens (including phenoxy) is 6. The van der Waals surface area contributed by atoms with Crippen LogP contribution in [0.4, 0.5) is 5.69 Å². The third kappa shape index (κ3) is 15.3. The molecule has 1 saturated heterocycles. The van der Waals surface area contributed by atoms with Crippen LogP contribution in [0, 0.1) is 36.5 Å². The van der Waals surface area contributed by atoms with E-state index in [2.05, 4.69) is 29.1 Å². The first-order chi connectivity index (χ1) is 39.2. The maximum Gasteiger partial charge on any atom is 0.340 e. The lowest BCUT2D eigenvalue weighted by atomic mass is 9.78. The molecule has 5 heterocycles. The molecule has 7 rings (SSSR count). The van der Waals surface area contributed by atoms with E-state index in [0.717, 1.165) is 6.54 Å². The van der Waals surface area contributed by atoms with E-state index in [-0.39, 0.29) is 69.2 Å². The van der Waals surface area contributed by atoms with Gasteiger partial charge in [-0.25, -0.2) is 4.99 Å². The van der Waals surface area contributed by atoms with Gasteiger partial charge in [0.2, 0.25) is 0 Å². The van der Waals surface area contributed by atoms with Crippen molar-refractivity contribution < 1.29 is 96.4 Å². The molecular formula is C57H83N5O20P2. The minimum atomic E-state index is -5.38. The van der Waals surface area contributed by atoms with E-state index in [0.29, 0.717) is 38.3 Å². The van der Waals surface area contributed by atoms with Crippen LogP contribution in [0.3, 0.4) is 0 Å². The molecule has 5 aliphatic heterocycles. The fourth-order valence-corrected chi connectivity index (χ4v) is 13.9. The topological polar surface area (TPSA) is 360 Å². The van der Waals surface area contributed by atoms with Crippen LogP contribution in [-0.2, 0) is 52.0 Å². The SMILES string of the molecule is CCCC(=O)OCCN(CCC(P(=O)(O)O)P(=O)(O)O)CC(=O)O[C@@H]1[C@@H](C)[C@@H](O)[C@@H](C)[C@H](OC(C)=O)[C@H](C)[C@@H](OC)/C=C/O[C@@]2(C)Oc3c(C)c(O)c4c(O)c(c5c(c4c3C2=O)NC2(CCN(CC(C)C)CC2)N=5)=NC(=O)/C(C)=C\C=C\[C@@H]1C. The van der Waals surface area contributed by atoms with Crippen molar-refractivity contribution in [3.63, 3.8) is 0 Å². The Morgan fingerprint density at radius 2 is 1.55 bits per heavy atom. The van der Waals surface area contributed by atoms with Crippen molar-refractivity contribution in [3.8, 4) is 17.2 Å². The maximum absolute atomic E-state index is 15.0. The van der Waals surface area contributed by atoms with E-state index in [4.69, 9.17) is 33.4 Å². The number of anilines is 1. The van der Waals surface area contributed by atoms with Gasteiger partial charge < -0.3 is 73.5 Å². The number of aromatic hydroxyl groups is 2. The fraction of sp³-hybridized carbons (Fsp3) is 0.632. The number of rotatable bonds is 17. The Labute approximate surface area is 488 Å². The first-order valence-electron chi connectivity index (χ1n) is 28.3. The lowest BCUT2D eigenvalue weighted by Crippen LogP contribution is -2.48. The number of nitrogens with one attached hydrogen (secondary N) is 1. The molecule has 0 radical (unpaired) electrons. The van der Waals surface area contributed by atoms with E-state index >= 15 is 0 Å². The monoisotopic (exact) mass is 1220 g/mol. The first kappa shape index (κ1) is 67.5. The number of fused-ring (bicyclic) bond motifs is 13. The zero-order valence-corrected chi connectivity index (χ0v) is 51.6. The Kier molecular flexibility index (Phi) is 22.0. The molecule has 8 N–H and O–H groups in total. The van der Waals surface area contributed by atoms with Crippen LogP contribution in [0.15, 0.2) is 46.1 Å². The standard InChI is InChI=1S/C57H83N5O20P2/c1-13-15-39(64)78-27-25-61(22-18-41(83(71,72)73)84(74,75)76)29-40(65)81-51-31(4)16-14-17-32(5)55(70)58-47-46-45(59-57(60-46)20-23-62(24-21-57)28-30(2)3)42-43(50(47)68)49(67)36(9)53-44(42)54(69)56(11,82-53)79-26-19-38(77-12)33(6)52(80-37(10)63)35(8)48(66)34(51)7/h14,16-17,19,26,30-31,33-35,38,41,48,51-52,59,66-68H,13,15,18,20-25,27-29H2,1-12H3,(H2,71,72,73)(H2,74,75,76)/b16-14+,26-19+,32-17-,58-47?/t31-,33+,34-,35+,38-,48+,51-,52+,56-/m0/s1. The van der Waals surface area contributed by atoms with Gasteiger partial charge in [0.1, 0.15) is 46.7 Å². The van der Waals surface area contributed by atoms with Crippen LogP contribution in [0.2, 0.25) is 0 Å². The number of phenols is 2. The number of likely N-dealkylation sites (tertiary alicyclic amines) is 1. The molecule has 0 unspecified atom stereocenters. The summed E-state index contributed by atoms with van der Waals surface area (Å²) >= 11 is 0. The number of aliphatic hydroxyl groups is 1. The highest BCUT2D eigenvalue weighted by Gasteiger charge is 2.51. The number of nitrogens with zero attached hydrogens (tertiary/aromatic N) is 4. The molecule has 84 heavy (non-hydrogen) atoms. The van der Waals surface area contributed by atoms with E-state index in [1.54, 1.807) is 40.7 Å². The van der Waals surface area contributed by atoms with Crippen LogP contribution in [0.5, 0.6) is 17.2 Å². The van der Waals surface area contributed by atoms with Crippen LogP contribution in [0.25, 0.3) is 10.8 Å². The van der Waals surface area contributed by atoms with Crippen molar-refractivity contribution in [2.75, 3.05) is 58.3 Å². The highest BCUT2D eigenvalue weighted by molar-refractivity contribution is 7.70. The largest absolute Gasteiger partial charge is 0.507 e. The molecule has 25 nitrogen and oxygen atoms in total. The summed E-state index contributed by atoms with van der Waals surface area (Å²) in [4.78, 5) is 121. The van der Waals surface area contributed by atoms with E-state index in [1.807, 2.05) is 0 Å². The number of piperidine rings is 1. The van der Waals surface area contributed by atoms with Gasteiger partial charge in [0.25, 0.3) is 11.7 Å². The summed E-state index contributed by atoms with van der Waals surface area (Å²) in [7, 11) is -9.37. The summed E-state index contributed by atoms with van der Waals surface area (Å²) in [5.74, 6) is -10.1. The molecular weight excluding hydrogens is 1140 g/mol. The Balaban J connectivity index is 1.48. The van der Waals surface area contributed by atoms with Gasteiger partial charge in [0.15, 0.2) is 11.1 Å². The van der Waals surface area contributed by atoms with Gasteiger partial charge in [0.05, 0.1) is 41.7 Å². The number of carbonyl (C=O) groups excluding carboxylic acids is 5. The van der Waals surface area contributed by atoms with Crippen LogP contribution < -0.4 is 20.8 Å². The molecule has 466 valence electrons. The molecule has 9 atom stereocenters. The number of hydrogen-bond donors (Lipinski definition) is 8. The predicted octanol–water partition coefficient (Wildman–Crippen LogP) is 5.02. The second-order valence-electron chi connectivity index (χ2n) is 23.1. The number of allylic oxidation sites excluding steroid dienone is 2. The minimum absolute atomic E-state index is 0.0208. The summed E-state index contributed by atoms with van der Waals surface area (Å²) in [6, 6.07) is 0. The van der Waals surface area contributed by atoms with E-state index in [9.17, 15) is 68.0 Å². The quantitative estimate of drug-likeness (QED) is 0.0446. The van der Waals surface area contributed by atoms with Crippen LogP contribution in [-0.4, -0.2) is 169 Å². The Bertz CT molecular complexity index is 3130. The average molecular weight is 1220 g/mol. The highest BCUT2D eigenvalue weighted by Crippen LogP contribution is 2.61. The number of benzene rings is 2. The predicted molar refractivity (Wildman–Crippen MR) is 306 cm³/mol. The number of amides is 1. The number of methoxy groups -OCH3 is 1. The maximum atomic E-state index is 15.0. The van der Waals surface area contributed by atoms with Crippen molar-refractivity contribution in [1.29, 1.82) is 0 Å². The molecule has 0 saturated carbocycles. The molecule has 5 bridgehead atoms. The van der Waals surface area contributed by atoms with Gasteiger partial charge in [-0.3, -0.25) is 43.0 Å². The molecule has 1 spiro atoms. The number of aliphatic hydroxyl groups excluding tert-OH is 1. The third-order valence-corrected chi connectivity index (χ3v) is 20.0. The molecule has 2 aromatic rings. The summed E-state index contributed by atoms with van der Waals surface area (Å²) < 4.78 is 60.2. The second-order valence-corrected chi connectivity index (χ2v) is 27.1. The smallest absolute Gasteiger partial charge is 0.340 e. The van der Waals surface area contributed by atoms with Gasteiger partial charge in [-0.05, 0) is 38.7 Å². The first-order valence-corrected chi connectivity index (χ1v) is 31.6. The van der Waals surface area contributed by atoms with Crippen molar-refractivity contribution in [1.82, 2.24) is 9.80 Å². The van der Waals surface area contributed by atoms with Crippen molar-refractivity contribution >= 4 is 61.2 Å². The van der Waals surface area contributed by atoms with Crippen molar-refractivity contribution in [2.24, 2.45) is 39.6 Å². The molecule has 1 amide bonds. The molecule has 5 aliphatic rings. The van der Waals surface area contributed by atoms with Gasteiger partial charge >= 0.3 is 38.9 Å². The van der Waals surface area contributed by atoms with Gasteiger partial charge in [-0.1, -0.05) is 66.7 Å². The Hall–Kier alpha value is -5.59. The van der Waals surface area contributed by atoms with Crippen molar-refractivity contribution in [3.05, 3.63) is 58.0 Å². The lowest BCUT2D eigenvalue weighted by molar-refractivity contribution is -0.166. The number of phenolic OH excluding ortho intramolecular Hbond substituents is 2. The Morgan fingerprint density at radius 1 is 0.905 bits per heavy atom. The number of hydrogen-bond acceptors (Lipinski definition) is 20. The lowest BCUT2D eigenvalue weighted by Gasteiger charge is -2.39. The van der Waals surface area contributed by atoms with Gasteiger partial charge in [-0.2, -0.15) is 0 Å². The number of ketones is 1. The molecule has 0 aromatic heterocycles. The number of carbonyl (C=O) groups is 5. The minimum Gasteiger partial charge on any atom is -0.507 e. The molecule has 1 fully saturated rings. The summed E-state index contributed by atoms with van der Waals surface area (Å²) in [5.41, 5.74) is -0.622. The van der Waals surface area contributed by atoms with E-state index in [1.165, 1.54) is 64.2 Å². The van der Waals surface area contributed by atoms with Crippen LogP contribution >= 0.6 is 15.2 Å². The number of esters is 3.